The third-order valence-corrected chi connectivity index (χ3v) is 3.36. The van der Waals surface area contributed by atoms with Gasteiger partial charge < -0.3 is 19.8 Å². The molecule has 0 fully saturated rings. The molecule has 0 bridgehead atoms. The number of benzene rings is 1. The summed E-state index contributed by atoms with van der Waals surface area (Å²) in [6.45, 7) is 0. The minimum Gasteiger partial charge on any atom is -0.495 e. The molecule has 3 rings (SSSR count). The number of nitrogens with one attached hydrogen (secondary N) is 2. The van der Waals surface area contributed by atoms with Gasteiger partial charge in [0.2, 0.25) is 0 Å². The number of imidazole rings is 1. The standard InChI is InChI=1S/C14H14ClN5O/c1-16-12-8-20-6-5-17-14(20)13(19-12)18-9-3-4-10(15)11(7-9)21-2/h3-8,16H,1-2H3,(H,18,19). The van der Waals surface area contributed by atoms with Crippen LogP contribution in [0.1, 0.15) is 0 Å². The largest absolute Gasteiger partial charge is 0.495 e. The molecule has 0 spiro atoms. The van der Waals surface area contributed by atoms with Crippen LogP contribution in [-0.4, -0.2) is 28.5 Å². The molecule has 0 unspecified atom stereocenters. The summed E-state index contributed by atoms with van der Waals surface area (Å²) in [6, 6.07) is 5.45. The van der Waals surface area contributed by atoms with Crippen LogP contribution < -0.4 is 15.4 Å². The first-order valence-electron chi connectivity index (χ1n) is 6.33. The maximum atomic E-state index is 6.03. The first-order chi connectivity index (χ1) is 10.2. The number of methoxy groups -OCH3 is 1. The SMILES string of the molecule is CNc1cn2ccnc2c(Nc2ccc(Cl)c(OC)c2)n1. The number of nitrogens with zero attached hydrogens (tertiary/aromatic N) is 3. The number of halogens is 1. The second-order valence-corrected chi connectivity index (χ2v) is 4.76. The highest BCUT2D eigenvalue weighted by molar-refractivity contribution is 6.32. The molecule has 0 saturated heterocycles. The van der Waals surface area contributed by atoms with Crippen molar-refractivity contribution in [1.82, 2.24) is 14.4 Å². The van der Waals surface area contributed by atoms with Gasteiger partial charge in [0.15, 0.2) is 11.5 Å². The fourth-order valence-corrected chi connectivity index (χ4v) is 2.20. The zero-order valence-electron chi connectivity index (χ0n) is 11.6. The minimum absolute atomic E-state index is 0.561. The van der Waals surface area contributed by atoms with Crippen molar-refractivity contribution in [3.8, 4) is 5.75 Å². The Bertz CT molecular complexity index is 786. The monoisotopic (exact) mass is 303 g/mol. The van der Waals surface area contributed by atoms with Crippen molar-refractivity contribution < 1.29 is 4.74 Å². The van der Waals surface area contributed by atoms with E-state index in [1.54, 1.807) is 19.4 Å². The Balaban J connectivity index is 2.03. The van der Waals surface area contributed by atoms with Gasteiger partial charge in [-0.05, 0) is 12.1 Å². The van der Waals surface area contributed by atoms with Crippen LogP contribution in [0.5, 0.6) is 5.75 Å². The molecule has 108 valence electrons. The van der Waals surface area contributed by atoms with Gasteiger partial charge in [-0.15, -0.1) is 0 Å². The fraction of sp³-hybridized carbons (Fsp3) is 0.143. The maximum Gasteiger partial charge on any atom is 0.180 e. The minimum atomic E-state index is 0.561. The Morgan fingerprint density at radius 3 is 2.95 bits per heavy atom. The van der Waals surface area contributed by atoms with Crippen LogP contribution in [0.25, 0.3) is 5.65 Å². The fourth-order valence-electron chi connectivity index (χ4n) is 2.01. The third kappa shape index (κ3) is 2.57. The van der Waals surface area contributed by atoms with Gasteiger partial charge in [-0.25, -0.2) is 9.97 Å². The van der Waals surface area contributed by atoms with Crippen LogP contribution >= 0.6 is 11.6 Å². The van der Waals surface area contributed by atoms with E-state index in [0.717, 1.165) is 17.2 Å². The van der Waals surface area contributed by atoms with Crippen molar-refractivity contribution in [2.75, 3.05) is 24.8 Å². The van der Waals surface area contributed by atoms with E-state index in [-0.39, 0.29) is 0 Å². The van der Waals surface area contributed by atoms with E-state index in [2.05, 4.69) is 20.6 Å². The van der Waals surface area contributed by atoms with Gasteiger partial charge >= 0.3 is 0 Å². The van der Waals surface area contributed by atoms with E-state index in [1.807, 2.05) is 36.0 Å². The summed E-state index contributed by atoms with van der Waals surface area (Å²) in [4.78, 5) is 8.79. The molecule has 21 heavy (non-hydrogen) atoms. The van der Waals surface area contributed by atoms with E-state index < -0.39 is 0 Å². The van der Waals surface area contributed by atoms with E-state index in [0.29, 0.717) is 16.6 Å². The average molecular weight is 304 g/mol. The molecule has 1 aromatic carbocycles. The summed E-state index contributed by atoms with van der Waals surface area (Å²) in [5, 5.41) is 6.82. The van der Waals surface area contributed by atoms with Crippen molar-refractivity contribution >= 4 is 34.6 Å². The molecule has 0 aliphatic carbocycles. The number of anilines is 3. The van der Waals surface area contributed by atoms with Crippen LogP contribution in [0.15, 0.2) is 36.8 Å². The molecule has 0 atom stereocenters. The summed E-state index contributed by atoms with van der Waals surface area (Å²) < 4.78 is 7.11. The molecule has 0 amide bonds. The van der Waals surface area contributed by atoms with E-state index in [9.17, 15) is 0 Å². The molecular formula is C14H14ClN5O. The lowest BCUT2D eigenvalue weighted by molar-refractivity contribution is 0.415. The van der Waals surface area contributed by atoms with Gasteiger partial charge in [-0.1, -0.05) is 11.6 Å². The highest BCUT2D eigenvalue weighted by Crippen LogP contribution is 2.29. The predicted octanol–water partition coefficient (Wildman–Crippen LogP) is 3.18. The van der Waals surface area contributed by atoms with E-state index >= 15 is 0 Å². The average Bonchev–Trinajstić information content (AvgIpc) is 2.97. The van der Waals surface area contributed by atoms with Crippen LogP contribution in [0.3, 0.4) is 0 Å². The van der Waals surface area contributed by atoms with Gasteiger partial charge in [-0.2, -0.15) is 0 Å². The number of hydrogen-bond donors (Lipinski definition) is 2. The van der Waals surface area contributed by atoms with Crippen molar-refractivity contribution in [2.45, 2.75) is 0 Å². The molecule has 2 N–H and O–H groups in total. The normalized spacial score (nSPS) is 10.6. The van der Waals surface area contributed by atoms with E-state index in [1.165, 1.54) is 0 Å². The Kier molecular flexibility index (Phi) is 3.53. The van der Waals surface area contributed by atoms with Crippen LogP contribution in [-0.2, 0) is 0 Å². The van der Waals surface area contributed by atoms with Gasteiger partial charge in [0.05, 0.1) is 18.3 Å². The molecular weight excluding hydrogens is 290 g/mol. The van der Waals surface area contributed by atoms with Gasteiger partial charge in [0.1, 0.15) is 11.6 Å². The van der Waals surface area contributed by atoms with E-state index in [4.69, 9.17) is 16.3 Å². The first-order valence-corrected chi connectivity index (χ1v) is 6.71. The lowest BCUT2D eigenvalue weighted by Gasteiger charge is -2.11. The summed E-state index contributed by atoms with van der Waals surface area (Å²) in [5.41, 5.74) is 1.56. The number of rotatable bonds is 4. The molecule has 6 nitrogen and oxygen atoms in total. The molecule has 3 aromatic rings. The van der Waals surface area contributed by atoms with Gasteiger partial charge in [-0.3, -0.25) is 0 Å². The summed E-state index contributed by atoms with van der Waals surface area (Å²) in [7, 11) is 3.40. The molecule has 2 heterocycles. The number of hydrogen-bond acceptors (Lipinski definition) is 5. The second kappa shape index (κ2) is 5.49. The van der Waals surface area contributed by atoms with Crippen LogP contribution in [0.2, 0.25) is 5.02 Å². The number of aromatic nitrogens is 3. The molecule has 0 saturated carbocycles. The van der Waals surface area contributed by atoms with Crippen molar-refractivity contribution in [1.29, 1.82) is 0 Å². The quantitative estimate of drug-likeness (QED) is 0.775. The van der Waals surface area contributed by atoms with Crippen LogP contribution in [0, 0.1) is 0 Å². The van der Waals surface area contributed by atoms with Crippen molar-refractivity contribution in [3.05, 3.63) is 41.8 Å². The lowest BCUT2D eigenvalue weighted by atomic mass is 10.3. The van der Waals surface area contributed by atoms with Crippen molar-refractivity contribution in [3.63, 3.8) is 0 Å². The summed E-state index contributed by atoms with van der Waals surface area (Å²) in [6.07, 6.45) is 5.46. The van der Waals surface area contributed by atoms with Crippen LogP contribution in [0.4, 0.5) is 17.3 Å². The molecule has 2 aromatic heterocycles. The number of fused-ring (bicyclic) bond motifs is 1. The Hall–Kier alpha value is -2.47. The third-order valence-electron chi connectivity index (χ3n) is 3.04. The highest BCUT2D eigenvalue weighted by Gasteiger charge is 2.09. The zero-order chi connectivity index (χ0) is 14.8. The molecule has 0 aliphatic heterocycles. The Morgan fingerprint density at radius 1 is 1.33 bits per heavy atom. The van der Waals surface area contributed by atoms with Gasteiger partial charge in [0, 0.05) is 31.2 Å². The summed E-state index contributed by atoms with van der Waals surface area (Å²) >= 11 is 6.03. The maximum absolute atomic E-state index is 6.03. The summed E-state index contributed by atoms with van der Waals surface area (Å²) in [5.74, 6) is 1.99. The Labute approximate surface area is 126 Å². The Morgan fingerprint density at radius 2 is 2.19 bits per heavy atom. The first kappa shape index (κ1) is 13.5. The second-order valence-electron chi connectivity index (χ2n) is 4.36. The molecule has 0 aliphatic rings. The highest BCUT2D eigenvalue weighted by atomic mass is 35.5. The smallest absolute Gasteiger partial charge is 0.180 e. The number of ether oxygens (including phenoxy) is 1. The topological polar surface area (TPSA) is 63.5 Å². The zero-order valence-corrected chi connectivity index (χ0v) is 12.3. The molecule has 0 radical (unpaired) electrons. The lowest BCUT2D eigenvalue weighted by Crippen LogP contribution is -2.02. The van der Waals surface area contributed by atoms with Gasteiger partial charge in [0.25, 0.3) is 0 Å². The predicted molar refractivity (Wildman–Crippen MR) is 83.8 cm³/mol. The van der Waals surface area contributed by atoms with Crippen molar-refractivity contribution in [2.24, 2.45) is 0 Å². The molecule has 7 heteroatoms.